The molecule has 8 nitrogen and oxygen atoms in total. The largest absolute Gasteiger partial charge is 0.490 e. The number of rotatable bonds is 3. The number of carbonyl (C=O) groups excluding carboxylic acids is 1. The van der Waals surface area contributed by atoms with Gasteiger partial charge in [-0.25, -0.2) is 9.78 Å². The molecule has 0 bridgehead atoms. The highest BCUT2D eigenvalue weighted by molar-refractivity contribution is 5.83. The lowest BCUT2D eigenvalue weighted by Crippen LogP contribution is -2.41. The number of fused-ring (bicyclic) bond motifs is 1. The molecule has 3 heterocycles. The second-order valence-electron chi connectivity index (χ2n) is 6.58. The minimum atomic E-state index is -5.08. The van der Waals surface area contributed by atoms with Crippen molar-refractivity contribution < 1.29 is 32.3 Å². The van der Waals surface area contributed by atoms with E-state index in [9.17, 15) is 18.0 Å². The molecular formula is C17H21F3N4O4. The number of imidazole rings is 1. The lowest BCUT2D eigenvalue weighted by atomic mass is 9.96. The van der Waals surface area contributed by atoms with Crippen molar-refractivity contribution in [3.8, 4) is 0 Å². The molecule has 0 aliphatic carbocycles. The molecule has 1 unspecified atom stereocenters. The Labute approximate surface area is 159 Å². The highest BCUT2D eigenvalue weighted by atomic mass is 19.4. The molecule has 2 aromatic heterocycles. The number of nitrogens with zero attached hydrogens (tertiary/aromatic N) is 4. The van der Waals surface area contributed by atoms with Crippen molar-refractivity contribution in [3.05, 3.63) is 41.9 Å². The summed E-state index contributed by atoms with van der Waals surface area (Å²) >= 11 is 0. The number of likely N-dealkylation sites (N-methyl/N-ethyl adjacent to an activating group) is 1. The number of carbonyl (C=O) groups is 2. The van der Waals surface area contributed by atoms with Gasteiger partial charge in [-0.2, -0.15) is 13.2 Å². The Balaban J connectivity index is 0.000000345. The van der Waals surface area contributed by atoms with Crippen LogP contribution in [-0.4, -0.2) is 63.2 Å². The van der Waals surface area contributed by atoms with Gasteiger partial charge in [0.05, 0.1) is 36.2 Å². The van der Waals surface area contributed by atoms with E-state index in [0.717, 1.165) is 30.0 Å². The number of carboxylic acids is 1. The van der Waals surface area contributed by atoms with Crippen LogP contribution in [0.4, 0.5) is 13.2 Å². The fourth-order valence-corrected chi connectivity index (χ4v) is 2.95. The van der Waals surface area contributed by atoms with E-state index in [0.29, 0.717) is 6.54 Å². The van der Waals surface area contributed by atoms with E-state index < -0.39 is 12.1 Å². The zero-order valence-electron chi connectivity index (χ0n) is 15.6. The standard InChI is InChI=1S/C15H20N4O2.C2HF3O2/c1-17(2)15(20)12-7-19(6-11-4-5-21-9-11)8-13-14(12)18(3)10-16-13;3-2(4,5)1(6)7/h4-5,9-10,12H,6-8H2,1-3H3;(H,6,7). The Kier molecular flexibility index (Phi) is 6.49. The van der Waals surface area contributed by atoms with E-state index in [4.69, 9.17) is 14.3 Å². The zero-order valence-corrected chi connectivity index (χ0v) is 15.6. The smallest absolute Gasteiger partial charge is 0.475 e. The van der Waals surface area contributed by atoms with Gasteiger partial charge in [0.25, 0.3) is 0 Å². The van der Waals surface area contributed by atoms with E-state index >= 15 is 0 Å². The molecule has 1 N–H and O–H groups in total. The molecule has 0 spiro atoms. The molecule has 1 aliphatic rings. The fourth-order valence-electron chi connectivity index (χ4n) is 2.95. The Morgan fingerprint density at radius 2 is 2.04 bits per heavy atom. The molecule has 3 rings (SSSR count). The number of hydrogen-bond acceptors (Lipinski definition) is 5. The molecule has 11 heteroatoms. The molecule has 1 aliphatic heterocycles. The molecule has 154 valence electrons. The van der Waals surface area contributed by atoms with Gasteiger partial charge in [0, 0.05) is 46.3 Å². The maximum atomic E-state index is 12.5. The summed E-state index contributed by atoms with van der Waals surface area (Å²) < 4.78 is 38.8. The van der Waals surface area contributed by atoms with Crippen molar-refractivity contribution >= 4 is 11.9 Å². The Morgan fingerprint density at radius 1 is 1.39 bits per heavy atom. The van der Waals surface area contributed by atoms with Gasteiger partial charge in [0.2, 0.25) is 5.91 Å². The van der Waals surface area contributed by atoms with Gasteiger partial charge < -0.3 is 19.0 Å². The molecule has 2 aromatic rings. The molecule has 1 amide bonds. The number of halogens is 3. The first-order valence-electron chi connectivity index (χ1n) is 8.25. The number of aryl methyl sites for hydroxylation is 1. The summed E-state index contributed by atoms with van der Waals surface area (Å²) in [6, 6.07) is 1.96. The highest BCUT2D eigenvalue weighted by Crippen LogP contribution is 2.29. The van der Waals surface area contributed by atoms with E-state index in [-0.39, 0.29) is 11.8 Å². The number of aliphatic carboxylic acids is 1. The van der Waals surface area contributed by atoms with Crippen LogP contribution >= 0.6 is 0 Å². The van der Waals surface area contributed by atoms with Crippen LogP contribution in [-0.2, 0) is 29.7 Å². The first-order chi connectivity index (χ1) is 13.0. The van der Waals surface area contributed by atoms with Gasteiger partial charge in [-0.05, 0) is 6.07 Å². The van der Waals surface area contributed by atoms with Gasteiger partial charge in [-0.3, -0.25) is 9.69 Å². The first kappa shape index (κ1) is 21.5. The van der Waals surface area contributed by atoms with Crippen molar-refractivity contribution in [1.82, 2.24) is 19.4 Å². The maximum Gasteiger partial charge on any atom is 0.490 e. The molecular weight excluding hydrogens is 381 g/mol. The van der Waals surface area contributed by atoms with E-state index in [2.05, 4.69) is 9.88 Å². The van der Waals surface area contributed by atoms with Crippen molar-refractivity contribution in [2.24, 2.45) is 7.05 Å². The van der Waals surface area contributed by atoms with Crippen LogP contribution in [0.1, 0.15) is 22.9 Å². The second-order valence-corrected chi connectivity index (χ2v) is 6.58. The molecule has 0 saturated heterocycles. The molecule has 0 fully saturated rings. The normalized spacial score (nSPS) is 16.7. The van der Waals surface area contributed by atoms with Crippen LogP contribution in [0.5, 0.6) is 0 Å². The molecule has 0 aromatic carbocycles. The summed E-state index contributed by atoms with van der Waals surface area (Å²) in [5.74, 6) is -2.80. The van der Waals surface area contributed by atoms with Gasteiger partial charge in [-0.1, -0.05) is 0 Å². The zero-order chi connectivity index (χ0) is 21.1. The summed E-state index contributed by atoms with van der Waals surface area (Å²) in [7, 11) is 5.55. The number of furan rings is 1. The third-order valence-corrected chi connectivity index (χ3v) is 4.17. The van der Waals surface area contributed by atoms with Crippen LogP contribution in [0.3, 0.4) is 0 Å². The lowest BCUT2D eigenvalue weighted by Gasteiger charge is -2.33. The first-order valence-corrected chi connectivity index (χ1v) is 8.25. The molecule has 0 saturated carbocycles. The number of hydrogen-bond donors (Lipinski definition) is 1. The third kappa shape index (κ3) is 5.12. The highest BCUT2D eigenvalue weighted by Gasteiger charge is 2.38. The molecule has 28 heavy (non-hydrogen) atoms. The maximum absolute atomic E-state index is 12.5. The van der Waals surface area contributed by atoms with Crippen LogP contribution in [0, 0.1) is 0 Å². The summed E-state index contributed by atoms with van der Waals surface area (Å²) in [5, 5.41) is 7.12. The number of carboxylic acid groups (broad SMARTS) is 1. The van der Waals surface area contributed by atoms with Crippen LogP contribution < -0.4 is 0 Å². The Bertz CT molecular complexity index is 815. The molecule has 1 atom stereocenters. The van der Waals surface area contributed by atoms with Crippen LogP contribution in [0.15, 0.2) is 29.3 Å². The topological polar surface area (TPSA) is 91.8 Å². The van der Waals surface area contributed by atoms with E-state index in [1.807, 2.05) is 17.7 Å². The van der Waals surface area contributed by atoms with Gasteiger partial charge in [0.1, 0.15) is 0 Å². The van der Waals surface area contributed by atoms with Gasteiger partial charge in [0.15, 0.2) is 0 Å². The van der Waals surface area contributed by atoms with Gasteiger partial charge >= 0.3 is 12.1 Å². The summed E-state index contributed by atoms with van der Waals surface area (Å²) in [5.41, 5.74) is 3.15. The lowest BCUT2D eigenvalue weighted by molar-refractivity contribution is -0.192. The summed E-state index contributed by atoms with van der Waals surface area (Å²) in [6.07, 6.45) is 0.132. The molecule has 0 radical (unpaired) electrons. The van der Waals surface area contributed by atoms with Gasteiger partial charge in [-0.15, -0.1) is 0 Å². The minimum absolute atomic E-state index is 0.122. The second kappa shape index (κ2) is 8.46. The quantitative estimate of drug-likeness (QED) is 0.842. The summed E-state index contributed by atoms with van der Waals surface area (Å²) in [4.78, 5) is 29.7. The average Bonchev–Trinajstić information content (AvgIpc) is 3.23. The van der Waals surface area contributed by atoms with Crippen LogP contribution in [0.25, 0.3) is 0 Å². The number of aromatic nitrogens is 2. The predicted octanol–water partition coefficient (Wildman–Crippen LogP) is 1.83. The van der Waals surface area contributed by atoms with Crippen molar-refractivity contribution in [3.63, 3.8) is 0 Å². The number of alkyl halides is 3. The minimum Gasteiger partial charge on any atom is -0.475 e. The Hall–Kier alpha value is -2.82. The fraction of sp³-hybridized carbons (Fsp3) is 0.471. The van der Waals surface area contributed by atoms with Crippen molar-refractivity contribution in [2.45, 2.75) is 25.2 Å². The van der Waals surface area contributed by atoms with Crippen LogP contribution in [0.2, 0.25) is 0 Å². The average molecular weight is 402 g/mol. The predicted molar refractivity (Wildman–Crippen MR) is 91.2 cm³/mol. The summed E-state index contributed by atoms with van der Waals surface area (Å²) in [6.45, 7) is 2.23. The monoisotopic (exact) mass is 402 g/mol. The number of amides is 1. The van der Waals surface area contributed by atoms with Crippen molar-refractivity contribution in [2.75, 3.05) is 20.6 Å². The van der Waals surface area contributed by atoms with Crippen molar-refractivity contribution in [1.29, 1.82) is 0 Å². The third-order valence-electron chi connectivity index (χ3n) is 4.17. The Morgan fingerprint density at radius 3 is 2.54 bits per heavy atom. The SMILES string of the molecule is CN(C)C(=O)C1CN(Cc2ccoc2)Cc2ncn(C)c21.O=C(O)C(F)(F)F. The van der Waals surface area contributed by atoms with E-state index in [1.165, 1.54) is 0 Å². The van der Waals surface area contributed by atoms with E-state index in [1.54, 1.807) is 37.8 Å².